The van der Waals surface area contributed by atoms with Crippen molar-refractivity contribution in [2.24, 2.45) is 0 Å². The summed E-state index contributed by atoms with van der Waals surface area (Å²) in [5.41, 5.74) is 1.82. The topological polar surface area (TPSA) is 102 Å². The number of rotatable bonds is 6. The Balaban J connectivity index is 1.55. The van der Waals surface area contributed by atoms with Gasteiger partial charge in [0, 0.05) is 5.69 Å². The van der Waals surface area contributed by atoms with Gasteiger partial charge >= 0.3 is 5.97 Å². The number of fused-ring (bicyclic) bond motifs is 1. The minimum Gasteiger partial charge on any atom is -0.476 e. The zero-order chi connectivity index (χ0) is 23.4. The van der Waals surface area contributed by atoms with Crippen LogP contribution in [0.5, 0.6) is 5.75 Å². The molecule has 0 aliphatic carbocycles. The Morgan fingerprint density at radius 1 is 1.00 bits per heavy atom. The number of amides is 1. The van der Waals surface area contributed by atoms with Crippen molar-refractivity contribution in [3.8, 4) is 5.75 Å². The van der Waals surface area contributed by atoms with E-state index < -0.39 is 28.0 Å². The summed E-state index contributed by atoms with van der Waals surface area (Å²) in [4.78, 5) is 24.5. The largest absolute Gasteiger partial charge is 0.476 e. The Hall–Kier alpha value is -3.85. The van der Waals surface area contributed by atoms with Gasteiger partial charge in [-0.15, -0.1) is 0 Å². The predicted octanol–water partition coefficient (Wildman–Crippen LogP) is 3.21. The lowest BCUT2D eigenvalue weighted by atomic mass is 10.2. The van der Waals surface area contributed by atoms with Crippen molar-refractivity contribution in [2.45, 2.75) is 11.9 Å². The highest BCUT2D eigenvalue weighted by Gasteiger charge is 2.36. The summed E-state index contributed by atoms with van der Waals surface area (Å²) in [5.74, 6) is -0.887. The molecule has 0 saturated carbocycles. The number of methoxy groups -OCH3 is 1. The molecule has 0 fully saturated rings. The normalized spacial score (nSPS) is 15.2. The maximum absolute atomic E-state index is 13.3. The minimum absolute atomic E-state index is 0.168. The maximum atomic E-state index is 13.3. The molecule has 8 nitrogen and oxygen atoms in total. The Labute approximate surface area is 191 Å². The molecule has 0 radical (unpaired) electrons. The summed E-state index contributed by atoms with van der Waals surface area (Å²) in [7, 11) is -2.50. The van der Waals surface area contributed by atoms with Crippen LogP contribution in [0, 0.1) is 0 Å². The van der Waals surface area contributed by atoms with Crippen LogP contribution in [-0.2, 0) is 25.3 Å². The van der Waals surface area contributed by atoms with E-state index in [2.05, 4.69) is 10.1 Å². The fourth-order valence-corrected chi connectivity index (χ4v) is 5.08. The first-order valence-electron chi connectivity index (χ1n) is 10.2. The number of carbonyl (C=O) groups is 2. The van der Waals surface area contributed by atoms with E-state index in [1.165, 1.54) is 23.5 Å². The molecule has 170 valence electrons. The first kappa shape index (κ1) is 22.3. The summed E-state index contributed by atoms with van der Waals surface area (Å²) in [6.45, 7) is -0.168. The molecule has 3 aromatic carbocycles. The van der Waals surface area contributed by atoms with Crippen molar-refractivity contribution in [3.63, 3.8) is 0 Å². The second kappa shape index (κ2) is 9.33. The number of sulfonamides is 1. The Bertz CT molecular complexity index is 1260. The molecular weight excluding hydrogens is 444 g/mol. The van der Waals surface area contributed by atoms with E-state index in [9.17, 15) is 18.0 Å². The van der Waals surface area contributed by atoms with E-state index in [1.807, 2.05) is 6.07 Å². The monoisotopic (exact) mass is 466 g/mol. The molecule has 9 heteroatoms. The molecule has 3 aromatic rings. The van der Waals surface area contributed by atoms with E-state index in [0.29, 0.717) is 28.3 Å². The summed E-state index contributed by atoms with van der Waals surface area (Å²) in [5, 5.41) is 2.71. The van der Waals surface area contributed by atoms with Gasteiger partial charge in [0.2, 0.25) is 10.0 Å². The average molecular weight is 467 g/mol. The number of hydrogen-bond donors (Lipinski definition) is 1. The van der Waals surface area contributed by atoms with E-state index in [4.69, 9.17) is 4.74 Å². The van der Waals surface area contributed by atoms with Crippen LogP contribution < -0.4 is 14.4 Å². The third-order valence-corrected chi connectivity index (χ3v) is 6.84. The van der Waals surface area contributed by atoms with Gasteiger partial charge in [-0.1, -0.05) is 42.5 Å². The molecular formula is C24H22N2O6S. The molecule has 33 heavy (non-hydrogen) atoms. The van der Waals surface area contributed by atoms with Crippen molar-refractivity contribution in [1.82, 2.24) is 0 Å². The number of nitrogens with zero attached hydrogens (tertiary/aromatic N) is 1. The van der Waals surface area contributed by atoms with Gasteiger partial charge in [0.05, 0.1) is 30.7 Å². The summed E-state index contributed by atoms with van der Waals surface area (Å²) in [6, 6.07) is 21.7. The number of nitrogens with one attached hydrogen (secondary N) is 1. The number of anilines is 2. The number of hydrogen-bond acceptors (Lipinski definition) is 6. The molecule has 1 aliphatic heterocycles. The van der Waals surface area contributed by atoms with Crippen LogP contribution in [0.25, 0.3) is 0 Å². The van der Waals surface area contributed by atoms with E-state index in [0.717, 1.165) is 0 Å². The zero-order valence-corrected chi connectivity index (χ0v) is 18.6. The smallest absolute Gasteiger partial charge is 0.337 e. The van der Waals surface area contributed by atoms with Crippen LogP contribution in [0.15, 0.2) is 78.9 Å². The van der Waals surface area contributed by atoms with Gasteiger partial charge in [-0.05, 0) is 42.0 Å². The Morgan fingerprint density at radius 3 is 2.36 bits per heavy atom. The van der Waals surface area contributed by atoms with Crippen LogP contribution in [0.2, 0.25) is 0 Å². The molecule has 4 rings (SSSR count). The van der Waals surface area contributed by atoms with Gasteiger partial charge in [0.25, 0.3) is 5.91 Å². The van der Waals surface area contributed by atoms with Crippen molar-refractivity contribution in [3.05, 3.63) is 90.0 Å². The predicted molar refractivity (Wildman–Crippen MR) is 124 cm³/mol. The van der Waals surface area contributed by atoms with Crippen molar-refractivity contribution in [1.29, 1.82) is 0 Å². The molecule has 0 aromatic heterocycles. The molecule has 1 amide bonds. The fraction of sp³-hybridized carbons (Fsp3) is 0.167. The zero-order valence-electron chi connectivity index (χ0n) is 17.8. The van der Waals surface area contributed by atoms with E-state index >= 15 is 0 Å². The molecule has 0 bridgehead atoms. The number of para-hydroxylation sites is 2. The Kier molecular flexibility index (Phi) is 6.32. The van der Waals surface area contributed by atoms with Crippen LogP contribution in [0.1, 0.15) is 15.9 Å². The SMILES string of the molecule is COC(=O)c1ccc(NC(=O)[C@H]2CN(S(=O)(=O)Cc3ccccc3)c3ccccc3O2)cc1. The maximum Gasteiger partial charge on any atom is 0.337 e. The summed E-state index contributed by atoms with van der Waals surface area (Å²) in [6.07, 6.45) is -1.06. The number of esters is 1. The molecule has 0 unspecified atom stereocenters. The quantitative estimate of drug-likeness (QED) is 0.560. The lowest BCUT2D eigenvalue weighted by Crippen LogP contribution is -2.49. The van der Waals surface area contributed by atoms with E-state index in [-0.39, 0.29) is 12.3 Å². The van der Waals surface area contributed by atoms with Gasteiger partial charge in [0.1, 0.15) is 5.75 Å². The van der Waals surface area contributed by atoms with Gasteiger partial charge in [-0.25, -0.2) is 13.2 Å². The standard InChI is InChI=1S/C24H22N2O6S/c1-31-24(28)18-11-13-19(14-12-18)25-23(27)22-15-26(20-9-5-6-10-21(20)32-22)33(29,30)16-17-7-3-2-4-8-17/h2-14,22H,15-16H2,1H3,(H,25,27)/t22-/m1/s1. The van der Waals surface area contributed by atoms with Gasteiger partial charge in [0.15, 0.2) is 6.10 Å². The average Bonchev–Trinajstić information content (AvgIpc) is 2.83. The lowest BCUT2D eigenvalue weighted by Gasteiger charge is -2.34. The number of benzene rings is 3. The van der Waals surface area contributed by atoms with Crippen LogP contribution >= 0.6 is 0 Å². The number of ether oxygens (including phenoxy) is 2. The molecule has 1 heterocycles. The first-order valence-corrected chi connectivity index (χ1v) is 11.8. The third-order valence-electron chi connectivity index (χ3n) is 5.13. The summed E-state index contributed by atoms with van der Waals surface area (Å²) < 4.78 is 38.3. The van der Waals surface area contributed by atoms with Gasteiger partial charge < -0.3 is 14.8 Å². The van der Waals surface area contributed by atoms with Crippen LogP contribution in [0.3, 0.4) is 0 Å². The Morgan fingerprint density at radius 2 is 1.67 bits per heavy atom. The highest BCUT2D eigenvalue weighted by Crippen LogP contribution is 2.36. The van der Waals surface area contributed by atoms with Crippen molar-refractivity contribution >= 4 is 33.3 Å². The molecule has 0 saturated heterocycles. The van der Waals surface area contributed by atoms with Gasteiger partial charge in [-0.2, -0.15) is 0 Å². The summed E-state index contributed by atoms with van der Waals surface area (Å²) >= 11 is 0. The second-order valence-electron chi connectivity index (χ2n) is 7.41. The molecule has 1 atom stereocenters. The second-order valence-corrected chi connectivity index (χ2v) is 9.30. The van der Waals surface area contributed by atoms with Gasteiger partial charge in [-0.3, -0.25) is 9.10 Å². The fourth-order valence-electron chi connectivity index (χ4n) is 3.50. The van der Waals surface area contributed by atoms with Crippen molar-refractivity contribution in [2.75, 3.05) is 23.3 Å². The first-order chi connectivity index (χ1) is 15.9. The van der Waals surface area contributed by atoms with Crippen molar-refractivity contribution < 1.29 is 27.5 Å². The third kappa shape index (κ3) is 4.98. The van der Waals surface area contributed by atoms with Crippen LogP contribution in [-0.4, -0.2) is 40.1 Å². The molecule has 1 aliphatic rings. The lowest BCUT2D eigenvalue weighted by molar-refractivity contribution is -0.122. The van der Waals surface area contributed by atoms with E-state index in [1.54, 1.807) is 60.7 Å². The highest BCUT2D eigenvalue weighted by atomic mass is 32.2. The molecule has 1 N–H and O–H groups in total. The molecule has 0 spiro atoms. The number of carbonyl (C=O) groups excluding carboxylic acids is 2. The van der Waals surface area contributed by atoms with Crippen LogP contribution in [0.4, 0.5) is 11.4 Å². The highest BCUT2D eigenvalue weighted by molar-refractivity contribution is 7.92. The minimum atomic E-state index is -3.79.